The van der Waals surface area contributed by atoms with Crippen LogP contribution < -0.4 is 20.5 Å². The Morgan fingerprint density at radius 2 is 1.80 bits per heavy atom. The second-order valence-corrected chi connectivity index (χ2v) is 4.52. The third-order valence-electron chi connectivity index (χ3n) is 2.54. The molecule has 1 aromatic heterocycles. The summed E-state index contributed by atoms with van der Waals surface area (Å²) in [4.78, 5) is 7.81. The van der Waals surface area contributed by atoms with E-state index in [2.05, 4.69) is 15.3 Å². The number of benzene rings is 1. The van der Waals surface area contributed by atoms with Crippen molar-refractivity contribution in [2.24, 2.45) is 0 Å². The van der Waals surface area contributed by atoms with E-state index < -0.39 is 0 Å². The predicted octanol–water partition coefficient (Wildman–Crippen LogP) is 3.13. The maximum absolute atomic E-state index is 6.04. The minimum atomic E-state index is 0.184. The molecule has 0 saturated carbocycles. The van der Waals surface area contributed by atoms with Gasteiger partial charge in [-0.05, 0) is 0 Å². The number of anilines is 3. The van der Waals surface area contributed by atoms with Gasteiger partial charge < -0.3 is 20.5 Å². The third-order valence-corrected chi connectivity index (χ3v) is 3.21. The monoisotopic (exact) mass is 314 g/mol. The molecule has 3 N–H and O–H groups in total. The lowest BCUT2D eigenvalue weighted by Gasteiger charge is -2.14. The Kier molecular flexibility index (Phi) is 4.36. The maximum Gasteiger partial charge on any atom is 0.154 e. The SMILES string of the molecule is COc1cc(Nc2ncnc(N)c2Cl)c(OC)cc1Cl. The summed E-state index contributed by atoms with van der Waals surface area (Å²) in [7, 11) is 3.05. The van der Waals surface area contributed by atoms with Gasteiger partial charge in [0.05, 0.1) is 24.9 Å². The van der Waals surface area contributed by atoms with Crippen LogP contribution in [0, 0.1) is 0 Å². The molecule has 20 heavy (non-hydrogen) atoms. The number of methoxy groups -OCH3 is 2. The van der Waals surface area contributed by atoms with Crippen LogP contribution in [0.1, 0.15) is 0 Å². The van der Waals surface area contributed by atoms with Crippen molar-refractivity contribution in [3.63, 3.8) is 0 Å². The Labute approximate surface area is 125 Å². The van der Waals surface area contributed by atoms with Gasteiger partial charge in [0.15, 0.2) is 5.82 Å². The number of nitrogens with two attached hydrogens (primary N) is 1. The first-order valence-electron chi connectivity index (χ1n) is 5.51. The number of nitrogen functional groups attached to an aromatic ring is 1. The quantitative estimate of drug-likeness (QED) is 0.902. The molecule has 1 aromatic carbocycles. The predicted molar refractivity (Wildman–Crippen MR) is 79.3 cm³/mol. The van der Waals surface area contributed by atoms with Crippen LogP contribution in [-0.2, 0) is 0 Å². The molecule has 106 valence electrons. The molecular formula is C12H12Cl2N4O2. The van der Waals surface area contributed by atoms with E-state index in [1.165, 1.54) is 20.5 Å². The maximum atomic E-state index is 6.04. The fourth-order valence-corrected chi connectivity index (χ4v) is 1.93. The zero-order valence-electron chi connectivity index (χ0n) is 10.8. The summed E-state index contributed by atoms with van der Waals surface area (Å²) < 4.78 is 10.4. The van der Waals surface area contributed by atoms with Crippen molar-refractivity contribution in [3.05, 3.63) is 28.5 Å². The standard InChI is InChI=1S/C12H12Cl2N4O2/c1-19-8-4-7(9(20-2)3-6(8)13)18-12-10(14)11(15)16-5-17-12/h3-5H,1-2H3,(H3,15,16,17,18). The van der Waals surface area contributed by atoms with Gasteiger partial charge in [-0.2, -0.15) is 0 Å². The molecular weight excluding hydrogens is 303 g/mol. The summed E-state index contributed by atoms with van der Waals surface area (Å²) in [5, 5.41) is 3.67. The van der Waals surface area contributed by atoms with Gasteiger partial charge >= 0.3 is 0 Å². The summed E-state index contributed by atoms with van der Waals surface area (Å²) >= 11 is 12.1. The summed E-state index contributed by atoms with van der Waals surface area (Å²) in [5.41, 5.74) is 6.22. The molecule has 0 amide bonds. The molecule has 0 atom stereocenters. The molecule has 0 aliphatic carbocycles. The van der Waals surface area contributed by atoms with Gasteiger partial charge in [-0.1, -0.05) is 23.2 Å². The van der Waals surface area contributed by atoms with Crippen molar-refractivity contribution in [3.8, 4) is 11.5 Å². The van der Waals surface area contributed by atoms with Gasteiger partial charge in [-0.25, -0.2) is 9.97 Å². The summed E-state index contributed by atoms with van der Waals surface area (Å²) in [6.45, 7) is 0. The Hall–Kier alpha value is -1.92. The first kappa shape index (κ1) is 14.5. The van der Waals surface area contributed by atoms with E-state index in [0.717, 1.165) is 0 Å². The zero-order valence-corrected chi connectivity index (χ0v) is 12.3. The molecule has 6 nitrogen and oxygen atoms in total. The summed E-state index contributed by atoms with van der Waals surface area (Å²) in [5.74, 6) is 1.56. The molecule has 0 unspecified atom stereocenters. The highest BCUT2D eigenvalue weighted by Gasteiger charge is 2.13. The summed E-state index contributed by atoms with van der Waals surface area (Å²) in [6.07, 6.45) is 1.31. The van der Waals surface area contributed by atoms with Crippen LogP contribution in [0.15, 0.2) is 18.5 Å². The second-order valence-electron chi connectivity index (χ2n) is 3.73. The lowest BCUT2D eigenvalue weighted by Crippen LogP contribution is -2.01. The van der Waals surface area contributed by atoms with Crippen molar-refractivity contribution < 1.29 is 9.47 Å². The zero-order chi connectivity index (χ0) is 14.7. The van der Waals surface area contributed by atoms with E-state index >= 15 is 0 Å². The van der Waals surface area contributed by atoms with E-state index in [1.54, 1.807) is 12.1 Å². The van der Waals surface area contributed by atoms with Crippen molar-refractivity contribution in [2.75, 3.05) is 25.3 Å². The topological polar surface area (TPSA) is 82.3 Å². The Balaban J connectivity index is 2.44. The fraction of sp³-hybridized carbons (Fsp3) is 0.167. The van der Waals surface area contributed by atoms with Crippen LogP contribution in [-0.4, -0.2) is 24.2 Å². The molecule has 0 aliphatic rings. The van der Waals surface area contributed by atoms with Crippen LogP contribution in [0.3, 0.4) is 0 Å². The molecule has 8 heteroatoms. The number of hydrogen-bond acceptors (Lipinski definition) is 6. The molecule has 0 saturated heterocycles. The first-order chi connectivity index (χ1) is 9.56. The molecule has 2 aromatic rings. The van der Waals surface area contributed by atoms with Gasteiger partial charge in [0.1, 0.15) is 28.7 Å². The highest BCUT2D eigenvalue weighted by Crippen LogP contribution is 2.38. The fourth-order valence-electron chi connectivity index (χ4n) is 1.56. The normalized spacial score (nSPS) is 10.2. The van der Waals surface area contributed by atoms with E-state index in [1.807, 2.05) is 0 Å². The van der Waals surface area contributed by atoms with Gasteiger partial charge in [0.25, 0.3) is 0 Å². The molecule has 0 spiro atoms. The van der Waals surface area contributed by atoms with Crippen LogP contribution >= 0.6 is 23.2 Å². The molecule has 2 rings (SSSR count). The van der Waals surface area contributed by atoms with E-state index in [9.17, 15) is 0 Å². The minimum Gasteiger partial charge on any atom is -0.495 e. The van der Waals surface area contributed by atoms with Crippen molar-refractivity contribution >= 4 is 40.5 Å². The molecule has 1 heterocycles. The van der Waals surface area contributed by atoms with Crippen LogP contribution in [0.5, 0.6) is 11.5 Å². The van der Waals surface area contributed by atoms with Gasteiger partial charge in [0.2, 0.25) is 0 Å². The van der Waals surface area contributed by atoms with Crippen molar-refractivity contribution in [1.29, 1.82) is 0 Å². The average Bonchev–Trinajstić information content (AvgIpc) is 2.45. The number of hydrogen-bond donors (Lipinski definition) is 2. The van der Waals surface area contributed by atoms with E-state index in [0.29, 0.717) is 28.0 Å². The minimum absolute atomic E-state index is 0.184. The van der Waals surface area contributed by atoms with E-state index in [-0.39, 0.29) is 10.8 Å². The second kappa shape index (κ2) is 6.02. The number of nitrogens with zero attached hydrogens (tertiary/aromatic N) is 2. The Morgan fingerprint density at radius 1 is 1.10 bits per heavy atom. The number of nitrogens with one attached hydrogen (secondary N) is 1. The highest BCUT2D eigenvalue weighted by molar-refractivity contribution is 6.35. The van der Waals surface area contributed by atoms with Crippen LogP contribution in [0.4, 0.5) is 17.3 Å². The number of halogens is 2. The Bertz CT molecular complexity index is 637. The van der Waals surface area contributed by atoms with Crippen molar-refractivity contribution in [1.82, 2.24) is 9.97 Å². The van der Waals surface area contributed by atoms with Crippen LogP contribution in [0.2, 0.25) is 10.0 Å². The lowest BCUT2D eigenvalue weighted by atomic mass is 10.2. The molecule has 0 bridgehead atoms. The number of rotatable bonds is 4. The first-order valence-corrected chi connectivity index (χ1v) is 6.27. The third kappa shape index (κ3) is 2.81. The molecule has 0 radical (unpaired) electrons. The van der Waals surface area contributed by atoms with Crippen LogP contribution in [0.25, 0.3) is 0 Å². The molecule has 0 fully saturated rings. The van der Waals surface area contributed by atoms with Gasteiger partial charge in [-0.15, -0.1) is 0 Å². The van der Waals surface area contributed by atoms with Gasteiger partial charge in [-0.3, -0.25) is 0 Å². The van der Waals surface area contributed by atoms with E-state index in [4.69, 9.17) is 38.4 Å². The molecule has 0 aliphatic heterocycles. The smallest absolute Gasteiger partial charge is 0.154 e. The average molecular weight is 315 g/mol. The highest BCUT2D eigenvalue weighted by atomic mass is 35.5. The van der Waals surface area contributed by atoms with Crippen molar-refractivity contribution in [2.45, 2.75) is 0 Å². The lowest BCUT2D eigenvalue weighted by molar-refractivity contribution is 0.405. The van der Waals surface area contributed by atoms with Gasteiger partial charge in [0, 0.05) is 12.1 Å². The number of ether oxygens (including phenoxy) is 2. The number of aromatic nitrogens is 2. The Morgan fingerprint density at radius 3 is 2.45 bits per heavy atom. The summed E-state index contributed by atoms with van der Waals surface area (Å²) in [6, 6.07) is 3.30. The largest absolute Gasteiger partial charge is 0.495 e.